The molecule has 7 nitrogen and oxygen atoms in total. The molecule has 0 aromatic heterocycles. The predicted molar refractivity (Wildman–Crippen MR) is 89.1 cm³/mol. The molecular weight excluding hydrogens is 328 g/mol. The van der Waals surface area contributed by atoms with E-state index in [1.807, 2.05) is 0 Å². The molecule has 2 aromatic rings. The summed E-state index contributed by atoms with van der Waals surface area (Å²) >= 11 is 0. The number of carbonyl (C=O) groups is 1. The van der Waals surface area contributed by atoms with E-state index in [4.69, 9.17) is 14.6 Å². The van der Waals surface area contributed by atoms with Crippen LogP contribution < -0.4 is 4.74 Å². The van der Waals surface area contributed by atoms with Gasteiger partial charge in [0.1, 0.15) is 41.3 Å². The Morgan fingerprint density at radius 3 is 2.36 bits per heavy atom. The summed E-state index contributed by atoms with van der Waals surface area (Å²) in [5, 5.41) is 37.6. The van der Waals surface area contributed by atoms with Crippen LogP contribution in [0.2, 0.25) is 0 Å². The minimum Gasteiger partial charge on any atom is -0.508 e. The highest BCUT2D eigenvalue weighted by Crippen LogP contribution is 2.32. The Morgan fingerprint density at radius 1 is 1.08 bits per heavy atom. The summed E-state index contributed by atoms with van der Waals surface area (Å²) < 4.78 is 10.5. The first kappa shape index (κ1) is 18.6. The van der Waals surface area contributed by atoms with E-state index in [1.54, 1.807) is 26.0 Å². The normalized spacial score (nSPS) is 11.8. The van der Waals surface area contributed by atoms with E-state index in [-0.39, 0.29) is 29.4 Å². The Morgan fingerprint density at radius 2 is 1.76 bits per heavy atom. The number of hydrogen-bond acceptors (Lipinski definition) is 7. The van der Waals surface area contributed by atoms with Gasteiger partial charge in [-0.2, -0.15) is 0 Å². The number of aryl methyl sites for hydroxylation is 2. The highest BCUT2D eigenvalue weighted by molar-refractivity contribution is 5.94. The van der Waals surface area contributed by atoms with Gasteiger partial charge in [-0.25, -0.2) is 4.79 Å². The van der Waals surface area contributed by atoms with Crippen LogP contribution in [0.1, 0.15) is 21.5 Å². The molecule has 0 amide bonds. The maximum atomic E-state index is 12.0. The molecule has 2 aromatic carbocycles. The van der Waals surface area contributed by atoms with Crippen LogP contribution in [0, 0.1) is 13.8 Å². The van der Waals surface area contributed by atoms with Crippen LogP contribution >= 0.6 is 0 Å². The maximum Gasteiger partial charge on any atom is 0.342 e. The van der Waals surface area contributed by atoms with Crippen LogP contribution in [0.15, 0.2) is 30.3 Å². The molecule has 0 aliphatic heterocycles. The Balaban J connectivity index is 2.20. The fourth-order valence-corrected chi connectivity index (χ4v) is 2.28. The molecule has 25 heavy (non-hydrogen) atoms. The first-order valence-electron chi connectivity index (χ1n) is 7.58. The molecule has 0 saturated carbocycles. The van der Waals surface area contributed by atoms with Gasteiger partial charge in [0.05, 0.1) is 6.61 Å². The van der Waals surface area contributed by atoms with E-state index in [0.29, 0.717) is 11.3 Å². The van der Waals surface area contributed by atoms with Gasteiger partial charge in [0.2, 0.25) is 0 Å². The number of ether oxygens (including phenoxy) is 2. The van der Waals surface area contributed by atoms with Crippen LogP contribution in [-0.2, 0) is 4.74 Å². The van der Waals surface area contributed by atoms with Gasteiger partial charge < -0.3 is 29.9 Å². The lowest BCUT2D eigenvalue weighted by Gasteiger charge is -2.13. The third-order valence-electron chi connectivity index (χ3n) is 3.38. The Kier molecular flexibility index (Phi) is 5.84. The van der Waals surface area contributed by atoms with Crippen molar-refractivity contribution in [3.05, 3.63) is 47.0 Å². The van der Waals surface area contributed by atoms with Crippen LogP contribution in [-0.4, -0.2) is 45.7 Å². The van der Waals surface area contributed by atoms with Crippen molar-refractivity contribution < 1.29 is 34.7 Å². The number of aliphatic hydroxyl groups excluding tert-OH is 2. The van der Waals surface area contributed by atoms with Gasteiger partial charge in [-0.3, -0.25) is 0 Å². The molecule has 7 heteroatoms. The molecule has 0 spiro atoms. The maximum absolute atomic E-state index is 12.0. The molecule has 0 saturated heterocycles. The quantitative estimate of drug-likeness (QED) is 0.590. The molecular formula is C18H20O7. The van der Waals surface area contributed by atoms with Crippen LogP contribution in [0.4, 0.5) is 0 Å². The summed E-state index contributed by atoms with van der Waals surface area (Å²) in [5.41, 5.74) is 1.17. The molecule has 0 heterocycles. The number of rotatable bonds is 6. The van der Waals surface area contributed by atoms with Crippen LogP contribution in [0.25, 0.3) is 0 Å². The molecule has 0 radical (unpaired) electrons. The van der Waals surface area contributed by atoms with Crippen LogP contribution in [0.3, 0.4) is 0 Å². The molecule has 4 N–H and O–H groups in total. The van der Waals surface area contributed by atoms with E-state index in [0.717, 1.165) is 5.56 Å². The number of hydrogen-bond donors (Lipinski definition) is 4. The van der Waals surface area contributed by atoms with Gasteiger partial charge in [0, 0.05) is 12.1 Å². The van der Waals surface area contributed by atoms with E-state index in [1.165, 1.54) is 18.2 Å². The number of phenolic OH excluding ortho intramolecular Hbond substituents is 2. The Labute approximate surface area is 144 Å². The van der Waals surface area contributed by atoms with Crippen LogP contribution in [0.5, 0.6) is 23.0 Å². The second-order valence-electron chi connectivity index (χ2n) is 5.68. The summed E-state index contributed by atoms with van der Waals surface area (Å²) in [6, 6.07) is 7.52. The first-order valence-corrected chi connectivity index (χ1v) is 7.58. The zero-order valence-corrected chi connectivity index (χ0v) is 13.9. The third kappa shape index (κ3) is 4.85. The van der Waals surface area contributed by atoms with Gasteiger partial charge in [-0.15, -0.1) is 0 Å². The molecule has 1 unspecified atom stereocenters. The lowest BCUT2D eigenvalue weighted by atomic mass is 10.1. The molecule has 1 atom stereocenters. The van der Waals surface area contributed by atoms with Gasteiger partial charge in [0.15, 0.2) is 0 Å². The monoisotopic (exact) mass is 348 g/mol. The van der Waals surface area contributed by atoms with Gasteiger partial charge in [0.25, 0.3) is 0 Å². The molecule has 0 aliphatic carbocycles. The van der Waals surface area contributed by atoms with Crippen molar-refractivity contribution in [3.63, 3.8) is 0 Å². The summed E-state index contributed by atoms with van der Waals surface area (Å²) in [6.07, 6.45) is -1.18. The minimum atomic E-state index is -1.18. The van der Waals surface area contributed by atoms with E-state index in [2.05, 4.69) is 0 Å². The van der Waals surface area contributed by atoms with E-state index < -0.39 is 18.7 Å². The fraction of sp³-hybridized carbons (Fsp3) is 0.278. The van der Waals surface area contributed by atoms with Crippen molar-refractivity contribution in [3.8, 4) is 23.0 Å². The smallest absolute Gasteiger partial charge is 0.342 e. The summed E-state index contributed by atoms with van der Waals surface area (Å²) in [5.74, 6) is -0.430. The average molecular weight is 348 g/mol. The zero-order valence-electron chi connectivity index (χ0n) is 13.9. The standard InChI is InChI=1S/C18H20O7/c1-10-3-12(20)6-14(4-10)25-15-5-11(2)17(16(22)7-15)18(23)24-9-13(21)8-19/h3-7,13,19-22H,8-9H2,1-2H3. The number of benzene rings is 2. The second kappa shape index (κ2) is 7.87. The second-order valence-corrected chi connectivity index (χ2v) is 5.68. The van der Waals surface area contributed by atoms with Crippen molar-refractivity contribution in [1.82, 2.24) is 0 Å². The third-order valence-corrected chi connectivity index (χ3v) is 3.38. The zero-order chi connectivity index (χ0) is 18.6. The summed E-state index contributed by atoms with van der Waals surface area (Å²) in [4.78, 5) is 12.0. The van der Waals surface area contributed by atoms with Gasteiger partial charge >= 0.3 is 5.97 Å². The molecule has 134 valence electrons. The fourth-order valence-electron chi connectivity index (χ4n) is 2.28. The molecule has 0 bridgehead atoms. The predicted octanol–water partition coefficient (Wildman–Crippen LogP) is 2.02. The summed E-state index contributed by atoms with van der Waals surface area (Å²) in [7, 11) is 0. The topological polar surface area (TPSA) is 116 Å². The summed E-state index contributed by atoms with van der Waals surface area (Å²) in [6.45, 7) is 2.48. The number of esters is 1. The molecule has 2 rings (SSSR count). The number of aliphatic hydroxyl groups is 2. The number of aromatic hydroxyl groups is 2. The van der Waals surface area contributed by atoms with Gasteiger partial charge in [-0.1, -0.05) is 0 Å². The van der Waals surface area contributed by atoms with Gasteiger partial charge in [-0.05, 0) is 43.2 Å². The van der Waals surface area contributed by atoms with E-state index >= 15 is 0 Å². The SMILES string of the molecule is Cc1cc(O)cc(Oc2cc(C)c(C(=O)OCC(O)CO)c(O)c2)c1. The Hall–Kier alpha value is -2.77. The van der Waals surface area contributed by atoms with E-state index in [9.17, 15) is 20.1 Å². The highest BCUT2D eigenvalue weighted by atomic mass is 16.5. The van der Waals surface area contributed by atoms with Crippen molar-refractivity contribution in [2.45, 2.75) is 20.0 Å². The largest absolute Gasteiger partial charge is 0.508 e. The average Bonchev–Trinajstić information content (AvgIpc) is 2.50. The number of phenols is 2. The number of carbonyl (C=O) groups excluding carboxylic acids is 1. The van der Waals surface area contributed by atoms with Crippen molar-refractivity contribution >= 4 is 5.97 Å². The lowest BCUT2D eigenvalue weighted by molar-refractivity contribution is 0.00907. The lowest BCUT2D eigenvalue weighted by Crippen LogP contribution is -2.22. The minimum absolute atomic E-state index is 0.0513. The first-order chi connectivity index (χ1) is 11.8. The van der Waals surface area contributed by atoms with Crippen molar-refractivity contribution in [1.29, 1.82) is 0 Å². The Bertz CT molecular complexity index is 727. The highest BCUT2D eigenvalue weighted by Gasteiger charge is 2.19. The molecule has 0 aliphatic rings. The molecule has 0 fully saturated rings. The van der Waals surface area contributed by atoms with Crippen molar-refractivity contribution in [2.24, 2.45) is 0 Å². The van der Waals surface area contributed by atoms with Crippen molar-refractivity contribution in [2.75, 3.05) is 13.2 Å².